The Kier molecular flexibility index (Phi) is 5.01. The second kappa shape index (κ2) is 6.75. The third-order valence-electron chi connectivity index (χ3n) is 3.56. The average Bonchev–Trinajstić information content (AvgIpc) is 2.81. The number of carbonyl (C=O) groups is 2. The molecule has 1 aliphatic heterocycles. The van der Waals surface area contributed by atoms with Gasteiger partial charge in [-0.2, -0.15) is 0 Å². The van der Waals surface area contributed by atoms with E-state index in [1.54, 1.807) is 0 Å². The maximum absolute atomic E-state index is 11.6. The van der Waals surface area contributed by atoms with Crippen LogP contribution in [0, 0.1) is 5.92 Å². The van der Waals surface area contributed by atoms with E-state index >= 15 is 0 Å². The Morgan fingerprint density at radius 3 is 2.85 bits per heavy atom. The van der Waals surface area contributed by atoms with Crippen molar-refractivity contribution < 1.29 is 14.3 Å². The Balaban J connectivity index is 2.13. The van der Waals surface area contributed by atoms with Crippen LogP contribution in [-0.2, 0) is 14.3 Å². The third kappa shape index (κ3) is 3.73. The van der Waals surface area contributed by atoms with Crippen molar-refractivity contribution in [2.24, 2.45) is 5.92 Å². The molecule has 5 heteroatoms. The van der Waals surface area contributed by atoms with E-state index in [1.165, 1.54) is 6.92 Å². The molecule has 108 valence electrons. The summed E-state index contributed by atoms with van der Waals surface area (Å²) in [5.74, 6) is -0.325. The van der Waals surface area contributed by atoms with Gasteiger partial charge in [0.2, 0.25) is 5.91 Å². The number of rotatable bonds is 5. The summed E-state index contributed by atoms with van der Waals surface area (Å²) in [7, 11) is 0. The van der Waals surface area contributed by atoms with E-state index in [0.29, 0.717) is 24.6 Å². The smallest absolute Gasteiger partial charge is 0.309 e. The number of ether oxygens (including phenoxy) is 1. The molecule has 0 aliphatic carbocycles. The van der Waals surface area contributed by atoms with Crippen molar-refractivity contribution in [1.29, 1.82) is 0 Å². The molecule has 2 rings (SSSR count). The molecule has 1 N–H and O–H groups in total. The number of hydrogen-bond donors (Lipinski definition) is 1. The van der Waals surface area contributed by atoms with Gasteiger partial charge in [0.15, 0.2) is 0 Å². The van der Waals surface area contributed by atoms with Gasteiger partial charge in [0.25, 0.3) is 0 Å². The molecule has 1 aromatic carbocycles. The molecular formula is C15H18ClNO3. The first-order valence-corrected chi connectivity index (χ1v) is 7.11. The quantitative estimate of drug-likeness (QED) is 0.849. The van der Waals surface area contributed by atoms with Gasteiger partial charge in [-0.3, -0.25) is 9.59 Å². The summed E-state index contributed by atoms with van der Waals surface area (Å²) in [6.45, 7) is 2.44. The third-order valence-corrected chi connectivity index (χ3v) is 3.90. The number of halogens is 1. The standard InChI is InChI=1S/C15H18ClNO3/c1-10(18)17-9-12(8-11-6-7-20-15(11)19)13-4-2-3-5-14(13)16/h2-5,11-12H,6-9H2,1H3,(H,17,18). The largest absolute Gasteiger partial charge is 0.465 e. The normalized spacial score (nSPS) is 19.5. The van der Waals surface area contributed by atoms with E-state index in [2.05, 4.69) is 5.32 Å². The highest BCUT2D eigenvalue weighted by Crippen LogP contribution is 2.32. The van der Waals surface area contributed by atoms with Crippen LogP contribution in [0.4, 0.5) is 0 Å². The summed E-state index contributed by atoms with van der Waals surface area (Å²) in [4.78, 5) is 22.8. The molecular weight excluding hydrogens is 278 g/mol. The van der Waals surface area contributed by atoms with Crippen molar-refractivity contribution in [1.82, 2.24) is 5.32 Å². The molecule has 2 atom stereocenters. The number of amides is 1. The van der Waals surface area contributed by atoms with E-state index < -0.39 is 0 Å². The van der Waals surface area contributed by atoms with Crippen molar-refractivity contribution in [3.63, 3.8) is 0 Å². The fraction of sp³-hybridized carbons (Fsp3) is 0.467. The van der Waals surface area contributed by atoms with E-state index in [9.17, 15) is 9.59 Å². The molecule has 1 fully saturated rings. The lowest BCUT2D eigenvalue weighted by molar-refractivity contribution is -0.141. The molecule has 1 aromatic rings. The van der Waals surface area contributed by atoms with Crippen LogP contribution in [0.3, 0.4) is 0 Å². The molecule has 1 saturated heterocycles. The monoisotopic (exact) mass is 295 g/mol. The zero-order valence-electron chi connectivity index (χ0n) is 11.4. The fourth-order valence-corrected chi connectivity index (χ4v) is 2.78. The fourth-order valence-electron chi connectivity index (χ4n) is 2.49. The highest BCUT2D eigenvalue weighted by molar-refractivity contribution is 6.31. The minimum Gasteiger partial charge on any atom is -0.465 e. The lowest BCUT2D eigenvalue weighted by atomic mass is 9.88. The van der Waals surface area contributed by atoms with Gasteiger partial charge >= 0.3 is 5.97 Å². The number of hydrogen-bond acceptors (Lipinski definition) is 3. The first-order valence-electron chi connectivity index (χ1n) is 6.73. The number of nitrogens with one attached hydrogen (secondary N) is 1. The van der Waals surface area contributed by atoms with E-state index in [0.717, 1.165) is 12.0 Å². The van der Waals surface area contributed by atoms with Crippen LogP contribution in [0.5, 0.6) is 0 Å². The zero-order valence-corrected chi connectivity index (χ0v) is 12.2. The minimum atomic E-state index is -0.148. The summed E-state index contributed by atoms with van der Waals surface area (Å²) in [6.07, 6.45) is 1.38. The zero-order chi connectivity index (χ0) is 14.5. The van der Waals surface area contributed by atoms with Crippen molar-refractivity contribution in [2.45, 2.75) is 25.7 Å². The Morgan fingerprint density at radius 2 is 2.25 bits per heavy atom. The van der Waals surface area contributed by atoms with Gasteiger partial charge in [0.05, 0.1) is 12.5 Å². The van der Waals surface area contributed by atoms with Gasteiger partial charge in [-0.15, -0.1) is 0 Å². The highest BCUT2D eigenvalue weighted by atomic mass is 35.5. The molecule has 4 nitrogen and oxygen atoms in total. The maximum Gasteiger partial charge on any atom is 0.309 e. The van der Waals surface area contributed by atoms with Gasteiger partial charge in [-0.25, -0.2) is 0 Å². The molecule has 1 amide bonds. The van der Waals surface area contributed by atoms with Crippen LogP contribution in [0.25, 0.3) is 0 Å². The van der Waals surface area contributed by atoms with Crippen LogP contribution in [0.2, 0.25) is 5.02 Å². The Hall–Kier alpha value is -1.55. The number of benzene rings is 1. The first kappa shape index (κ1) is 14.9. The van der Waals surface area contributed by atoms with Crippen molar-refractivity contribution in [2.75, 3.05) is 13.2 Å². The predicted octanol–water partition coefficient (Wildman–Crippen LogP) is 2.51. The number of esters is 1. The van der Waals surface area contributed by atoms with Crippen LogP contribution in [0.15, 0.2) is 24.3 Å². The van der Waals surface area contributed by atoms with Gasteiger partial charge in [0, 0.05) is 24.4 Å². The summed E-state index contributed by atoms with van der Waals surface area (Å²) in [5, 5.41) is 3.47. The minimum absolute atomic E-state index is 0.0169. The van der Waals surface area contributed by atoms with Gasteiger partial charge in [-0.1, -0.05) is 29.8 Å². The summed E-state index contributed by atoms with van der Waals surface area (Å²) < 4.78 is 5.00. The molecule has 1 aliphatic rings. The molecule has 0 spiro atoms. The summed E-state index contributed by atoms with van der Waals surface area (Å²) >= 11 is 6.23. The van der Waals surface area contributed by atoms with Crippen molar-refractivity contribution in [3.8, 4) is 0 Å². The maximum atomic E-state index is 11.6. The van der Waals surface area contributed by atoms with Crippen LogP contribution >= 0.6 is 11.6 Å². The predicted molar refractivity (Wildman–Crippen MR) is 76.6 cm³/mol. The number of cyclic esters (lactones) is 1. The Bertz CT molecular complexity index is 504. The van der Waals surface area contributed by atoms with Crippen molar-refractivity contribution >= 4 is 23.5 Å². The lowest BCUT2D eigenvalue weighted by Crippen LogP contribution is -2.28. The first-order chi connectivity index (χ1) is 9.58. The SMILES string of the molecule is CC(=O)NCC(CC1CCOC1=O)c1ccccc1Cl. The average molecular weight is 296 g/mol. The van der Waals surface area contributed by atoms with Gasteiger partial charge < -0.3 is 10.1 Å². The van der Waals surface area contributed by atoms with Gasteiger partial charge in [0.1, 0.15) is 0 Å². The summed E-state index contributed by atoms with van der Waals surface area (Å²) in [5.41, 5.74) is 0.961. The number of carbonyl (C=O) groups excluding carboxylic acids is 2. The molecule has 1 heterocycles. The molecule has 0 bridgehead atoms. The summed E-state index contributed by atoms with van der Waals surface area (Å²) in [6, 6.07) is 7.54. The van der Waals surface area contributed by atoms with E-state index in [4.69, 9.17) is 16.3 Å². The molecule has 2 unspecified atom stereocenters. The molecule has 20 heavy (non-hydrogen) atoms. The van der Waals surface area contributed by atoms with Crippen molar-refractivity contribution in [3.05, 3.63) is 34.9 Å². The second-order valence-electron chi connectivity index (χ2n) is 5.04. The van der Waals surface area contributed by atoms with Gasteiger partial charge in [-0.05, 0) is 24.5 Å². The lowest BCUT2D eigenvalue weighted by Gasteiger charge is -2.20. The Morgan fingerprint density at radius 1 is 1.50 bits per heavy atom. The van der Waals surface area contributed by atoms with E-state index in [1.807, 2.05) is 24.3 Å². The molecule has 0 radical (unpaired) electrons. The Labute approximate surface area is 123 Å². The van der Waals surface area contributed by atoms with Crippen LogP contribution in [-0.4, -0.2) is 25.0 Å². The topological polar surface area (TPSA) is 55.4 Å². The second-order valence-corrected chi connectivity index (χ2v) is 5.45. The van der Waals surface area contributed by atoms with Crippen LogP contribution < -0.4 is 5.32 Å². The highest BCUT2D eigenvalue weighted by Gasteiger charge is 2.30. The van der Waals surface area contributed by atoms with Crippen LogP contribution in [0.1, 0.15) is 31.2 Å². The molecule has 0 saturated carbocycles. The molecule has 0 aromatic heterocycles. The van der Waals surface area contributed by atoms with E-state index in [-0.39, 0.29) is 23.7 Å².